The molecular weight excluding hydrogens is 356 g/mol. The monoisotopic (exact) mass is 378 g/mol. The lowest BCUT2D eigenvalue weighted by molar-refractivity contribution is 0.653. The molecule has 2 aromatic heterocycles. The van der Waals surface area contributed by atoms with Gasteiger partial charge in [-0.05, 0) is 19.4 Å². The second kappa shape index (κ2) is 6.95. The van der Waals surface area contributed by atoms with Gasteiger partial charge in [-0.15, -0.1) is 0 Å². The van der Waals surface area contributed by atoms with E-state index in [1.165, 1.54) is 9.13 Å². The molecule has 0 radical (unpaired) electrons. The van der Waals surface area contributed by atoms with Crippen LogP contribution in [0.1, 0.15) is 19.4 Å². The van der Waals surface area contributed by atoms with Crippen molar-refractivity contribution in [1.82, 2.24) is 18.7 Å². The van der Waals surface area contributed by atoms with E-state index in [1.54, 1.807) is 12.1 Å². The molecule has 144 valence electrons. The zero-order valence-corrected chi connectivity index (χ0v) is 16.2. The first-order chi connectivity index (χ1) is 13.5. The van der Waals surface area contributed by atoms with Gasteiger partial charge in [0, 0.05) is 7.05 Å². The summed E-state index contributed by atoms with van der Waals surface area (Å²) in [4.78, 5) is 30.7. The molecule has 0 unspecified atom stereocenters. The van der Waals surface area contributed by atoms with Gasteiger partial charge in [0.2, 0.25) is 5.95 Å². The Kier molecular flexibility index (Phi) is 4.46. The number of imidazole rings is 1. The molecular formula is C20H22N6O2. The van der Waals surface area contributed by atoms with Gasteiger partial charge in [-0.25, -0.2) is 9.80 Å². The van der Waals surface area contributed by atoms with Gasteiger partial charge >= 0.3 is 5.69 Å². The molecule has 1 aliphatic heterocycles. The second-order valence-corrected chi connectivity index (χ2v) is 6.88. The first kappa shape index (κ1) is 18.0. The summed E-state index contributed by atoms with van der Waals surface area (Å²) in [5.74, 6) is 0.572. The highest BCUT2D eigenvalue weighted by Crippen LogP contribution is 2.23. The van der Waals surface area contributed by atoms with E-state index in [4.69, 9.17) is 0 Å². The Bertz CT molecular complexity index is 1210. The first-order valence-electron chi connectivity index (χ1n) is 9.18. The van der Waals surface area contributed by atoms with Crippen molar-refractivity contribution in [3.05, 3.63) is 68.9 Å². The Morgan fingerprint density at radius 1 is 1.18 bits per heavy atom. The fraction of sp³-hybridized carbons (Fsp3) is 0.300. The van der Waals surface area contributed by atoms with E-state index >= 15 is 0 Å². The van der Waals surface area contributed by atoms with Crippen molar-refractivity contribution < 1.29 is 0 Å². The van der Waals surface area contributed by atoms with Crippen molar-refractivity contribution >= 4 is 22.8 Å². The van der Waals surface area contributed by atoms with E-state index in [-0.39, 0.29) is 17.8 Å². The predicted octanol–water partition coefficient (Wildman–Crippen LogP) is 1.72. The Balaban J connectivity index is 1.94. The molecule has 1 aliphatic rings. The Morgan fingerprint density at radius 3 is 2.64 bits per heavy atom. The third-order valence-electron chi connectivity index (χ3n) is 4.82. The van der Waals surface area contributed by atoms with Crippen LogP contribution in [-0.2, 0) is 20.1 Å². The maximum atomic E-state index is 13.3. The average molecular weight is 378 g/mol. The molecule has 0 fully saturated rings. The maximum Gasteiger partial charge on any atom is 0.332 e. The Labute approximate surface area is 161 Å². The fourth-order valence-corrected chi connectivity index (χ4v) is 3.45. The summed E-state index contributed by atoms with van der Waals surface area (Å²) >= 11 is 0. The molecule has 0 atom stereocenters. The molecule has 0 spiro atoms. The number of hydrazone groups is 1. The van der Waals surface area contributed by atoms with Crippen molar-refractivity contribution in [2.75, 3.05) is 11.6 Å². The van der Waals surface area contributed by atoms with E-state index < -0.39 is 0 Å². The lowest BCUT2D eigenvalue weighted by Crippen LogP contribution is -2.40. The molecule has 0 aliphatic carbocycles. The van der Waals surface area contributed by atoms with Gasteiger partial charge in [0.05, 0.1) is 25.3 Å². The van der Waals surface area contributed by atoms with Crippen molar-refractivity contribution in [2.45, 2.75) is 26.9 Å². The molecule has 8 nitrogen and oxygen atoms in total. The quantitative estimate of drug-likeness (QED) is 0.648. The van der Waals surface area contributed by atoms with Crippen LogP contribution in [0.25, 0.3) is 11.2 Å². The standard InChI is InChI=1S/C20H22N6O2/c1-4-5-11-26-19-21-17-16(24(19)12-14(2)22-26)18(27)25(20(28)23(17)3)13-15-9-7-6-8-10-15/h4-10H,11-13H2,1-3H3. The van der Waals surface area contributed by atoms with Crippen LogP contribution in [0.15, 0.2) is 57.2 Å². The van der Waals surface area contributed by atoms with E-state index in [2.05, 4.69) is 10.1 Å². The van der Waals surface area contributed by atoms with E-state index in [9.17, 15) is 9.59 Å². The van der Waals surface area contributed by atoms with Crippen LogP contribution < -0.4 is 16.3 Å². The fourth-order valence-electron chi connectivity index (χ4n) is 3.45. The first-order valence-corrected chi connectivity index (χ1v) is 9.18. The van der Waals surface area contributed by atoms with Gasteiger partial charge in [0.1, 0.15) is 0 Å². The molecule has 3 aromatic rings. The van der Waals surface area contributed by atoms with Crippen molar-refractivity contribution in [3.8, 4) is 0 Å². The average Bonchev–Trinajstić information content (AvgIpc) is 3.08. The Morgan fingerprint density at radius 2 is 1.93 bits per heavy atom. The minimum absolute atomic E-state index is 0.220. The summed E-state index contributed by atoms with van der Waals surface area (Å²) in [6.07, 6.45) is 3.91. The molecule has 1 aromatic carbocycles. The second-order valence-electron chi connectivity index (χ2n) is 6.88. The molecule has 0 saturated carbocycles. The molecule has 0 amide bonds. The number of hydrogen-bond donors (Lipinski definition) is 0. The number of allylic oxidation sites excluding steroid dienone is 1. The van der Waals surface area contributed by atoms with Gasteiger partial charge in [0.15, 0.2) is 11.2 Å². The highest BCUT2D eigenvalue weighted by Gasteiger charge is 2.26. The molecule has 4 rings (SSSR count). The summed E-state index contributed by atoms with van der Waals surface area (Å²) in [5.41, 5.74) is 1.86. The zero-order chi connectivity index (χ0) is 19.8. The van der Waals surface area contributed by atoms with Crippen LogP contribution in [0, 0.1) is 0 Å². The van der Waals surface area contributed by atoms with Gasteiger partial charge < -0.3 is 0 Å². The highest BCUT2D eigenvalue weighted by molar-refractivity contribution is 5.87. The van der Waals surface area contributed by atoms with Gasteiger partial charge in [0.25, 0.3) is 5.56 Å². The topological polar surface area (TPSA) is 77.4 Å². The van der Waals surface area contributed by atoms with Crippen LogP contribution >= 0.6 is 0 Å². The molecule has 0 bridgehead atoms. The molecule has 8 heteroatoms. The van der Waals surface area contributed by atoms with E-state index in [0.717, 1.165) is 11.3 Å². The third-order valence-corrected chi connectivity index (χ3v) is 4.82. The minimum Gasteiger partial charge on any atom is -0.297 e. The number of anilines is 1. The highest BCUT2D eigenvalue weighted by atomic mass is 16.2. The number of nitrogens with zero attached hydrogens (tertiary/aromatic N) is 6. The van der Waals surface area contributed by atoms with Crippen molar-refractivity contribution in [1.29, 1.82) is 0 Å². The Hall–Kier alpha value is -3.42. The summed E-state index contributed by atoms with van der Waals surface area (Å²) < 4.78 is 4.56. The van der Waals surface area contributed by atoms with Crippen LogP contribution in [0.4, 0.5) is 5.95 Å². The number of aromatic nitrogens is 4. The van der Waals surface area contributed by atoms with Gasteiger partial charge in [-0.3, -0.25) is 18.5 Å². The number of aryl methyl sites for hydroxylation is 1. The van der Waals surface area contributed by atoms with Crippen LogP contribution in [0.3, 0.4) is 0 Å². The molecule has 28 heavy (non-hydrogen) atoms. The third kappa shape index (κ3) is 2.87. The van der Waals surface area contributed by atoms with Crippen molar-refractivity contribution in [3.63, 3.8) is 0 Å². The summed E-state index contributed by atoms with van der Waals surface area (Å²) in [6, 6.07) is 9.49. The zero-order valence-electron chi connectivity index (χ0n) is 16.2. The minimum atomic E-state index is -0.380. The van der Waals surface area contributed by atoms with Crippen LogP contribution in [0.2, 0.25) is 0 Å². The lowest BCUT2D eigenvalue weighted by Gasteiger charge is -2.23. The summed E-state index contributed by atoms with van der Waals surface area (Å²) in [5, 5.41) is 6.30. The summed E-state index contributed by atoms with van der Waals surface area (Å²) in [6.45, 7) is 5.09. The van der Waals surface area contributed by atoms with Gasteiger partial charge in [-0.2, -0.15) is 10.1 Å². The number of benzene rings is 1. The maximum absolute atomic E-state index is 13.3. The SMILES string of the molecule is CC=CCN1N=C(C)Cn2c1nc1c2c(=O)n(Cc2ccccc2)c(=O)n1C. The normalized spacial score (nSPS) is 14.0. The van der Waals surface area contributed by atoms with E-state index in [0.29, 0.717) is 30.2 Å². The van der Waals surface area contributed by atoms with Crippen LogP contribution in [0.5, 0.6) is 0 Å². The molecule has 0 N–H and O–H groups in total. The number of rotatable bonds is 4. The van der Waals surface area contributed by atoms with Gasteiger partial charge in [-0.1, -0.05) is 42.5 Å². The summed E-state index contributed by atoms with van der Waals surface area (Å²) in [7, 11) is 1.65. The van der Waals surface area contributed by atoms with E-state index in [1.807, 2.05) is 60.9 Å². The number of fused-ring (bicyclic) bond motifs is 3. The lowest BCUT2D eigenvalue weighted by atomic mass is 10.2. The largest absolute Gasteiger partial charge is 0.332 e. The number of hydrogen-bond acceptors (Lipinski definition) is 5. The predicted molar refractivity (Wildman–Crippen MR) is 110 cm³/mol. The smallest absolute Gasteiger partial charge is 0.297 e. The van der Waals surface area contributed by atoms with Crippen molar-refractivity contribution in [2.24, 2.45) is 12.1 Å². The molecule has 3 heterocycles. The van der Waals surface area contributed by atoms with Crippen LogP contribution in [-0.4, -0.2) is 30.9 Å². The molecule has 0 saturated heterocycles.